The molecule has 0 aliphatic rings. The number of halogens is 1. The number of hydrazine groups is 1. The Hall–Kier alpha value is -0.620. The van der Waals surface area contributed by atoms with Crippen molar-refractivity contribution in [2.24, 2.45) is 11.8 Å². The fourth-order valence-electron chi connectivity index (χ4n) is 2.44. The van der Waals surface area contributed by atoms with E-state index in [0.717, 1.165) is 23.0 Å². The number of ether oxygens (including phenoxy) is 1. The molecule has 1 aromatic rings. The van der Waals surface area contributed by atoms with Gasteiger partial charge in [0.05, 0.1) is 28.6 Å². The van der Waals surface area contributed by atoms with Gasteiger partial charge in [-0.3, -0.25) is 16.0 Å². The van der Waals surface area contributed by atoms with Crippen molar-refractivity contribution in [2.45, 2.75) is 52.8 Å². The minimum atomic E-state index is 0.00361. The second kappa shape index (κ2) is 7.24. The molecule has 6 heteroatoms. The average molecular weight is 289 g/mol. The van der Waals surface area contributed by atoms with Crippen molar-refractivity contribution in [1.29, 1.82) is 0 Å². The Kier molecular flexibility index (Phi) is 6.26. The van der Waals surface area contributed by atoms with Crippen molar-refractivity contribution in [3.05, 3.63) is 16.4 Å². The minimum absolute atomic E-state index is 0.00361. The molecule has 1 heterocycles. The van der Waals surface area contributed by atoms with Crippen molar-refractivity contribution in [2.75, 3.05) is 7.11 Å². The van der Waals surface area contributed by atoms with Crippen LogP contribution >= 0.6 is 11.6 Å². The van der Waals surface area contributed by atoms with Gasteiger partial charge < -0.3 is 4.74 Å². The van der Waals surface area contributed by atoms with Crippen LogP contribution in [0.2, 0.25) is 5.02 Å². The molecule has 5 nitrogen and oxygen atoms in total. The van der Waals surface area contributed by atoms with E-state index in [1.54, 1.807) is 7.11 Å². The predicted octanol–water partition coefficient (Wildman–Crippen LogP) is 1.91. The summed E-state index contributed by atoms with van der Waals surface area (Å²) in [4.78, 5) is 0. The van der Waals surface area contributed by atoms with E-state index in [-0.39, 0.29) is 12.1 Å². The van der Waals surface area contributed by atoms with Gasteiger partial charge in [-0.05, 0) is 19.8 Å². The van der Waals surface area contributed by atoms with E-state index in [1.807, 2.05) is 18.5 Å². The van der Waals surface area contributed by atoms with Gasteiger partial charge in [0, 0.05) is 20.1 Å². The van der Waals surface area contributed by atoms with Gasteiger partial charge in [0.2, 0.25) is 0 Å². The third kappa shape index (κ3) is 3.69. The lowest BCUT2D eigenvalue weighted by Crippen LogP contribution is -2.48. The summed E-state index contributed by atoms with van der Waals surface area (Å²) >= 11 is 6.33. The smallest absolute Gasteiger partial charge is 0.0847 e. The quantitative estimate of drug-likeness (QED) is 0.594. The van der Waals surface area contributed by atoms with Gasteiger partial charge in [0.1, 0.15) is 0 Å². The molecule has 2 atom stereocenters. The zero-order valence-corrected chi connectivity index (χ0v) is 13.2. The lowest BCUT2D eigenvalue weighted by molar-refractivity contribution is 0.0327. The first-order valence-electron chi connectivity index (χ1n) is 6.66. The lowest BCUT2D eigenvalue weighted by atomic mass is 9.96. The summed E-state index contributed by atoms with van der Waals surface area (Å²) in [5.41, 5.74) is 4.71. The van der Waals surface area contributed by atoms with Gasteiger partial charge in [-0.1, -0.05) is 25.4 Å². The number of aromatic nitrogens is 2. The minimum Gasteiger partial charge on any atom is -0.380 e. The molecule has 0 aliphatic carbocycles. The topological polar surface area (TPSA) is 65.1 Å². The molecule has 0 saturated heterocycles. The first-order chi connectivity index (χ1) is 8.96. The summed E-state index contributed by atoms with van der Waals surface area (Å²) in [6.45, 7) is 8.98. The molecule has 0 fully saturated rings. The summed E-state index contributed by atoms with van der Waals surface area (Å²) < 4.78 is 7.47. The fraction of sp³-hybridized carbons (Fsp3) is 0.769. The molecule has 0 spiro atoms. The molecule has 0 aliphatic heterocycles. The van der Waals surface area contributed by atoms with Gasteiger partial charge >= 0.3 is 0 Å². The third-order valence-electron chi connectivity index (χ3n) is 3.41. The number of aryl methyl sites for hydroxylation is 2. The van der Waals surface area contributed by atoms with E-state index >= 15 is 0 Å². The molecule has 110 valence electrons. The summed E-state index contributed by atoms with van der Waals surface area (Å²) in [6, 6.07) is 0.00361. The SMILES string of the molecule is CCn1nc(C)c(Cl)c1CC(NN)C(OC)C(C)C. The van der Waals surface area contributed by atoms with Crippen molar-refractivity contribution in [1.82, 2.24) is 15.2 Å². The second-order valence-corrected chi connectivity index (χ2v) is 5.46. The van der Waals surface area contributed by atoms with Crippen LogP contribution < -0.4 is 11.3 Å². The molecule has 0 saturated carbocycles. The van der Waals surface area contributed by atoms with Crippen molar-refractivity contribution >= 4 is 11.6 Å². The maximum absolute atomic E-state index is 6.33. The molecular formula is C13H25ClN4O. The van der Waals surface area contributed by atoms with Crippen LogP contribution in [-0.4, -0.2) is 29.0 Å². The molecule has 1 aromatic heterocycles. The number of nitrogens with zero attached hydrogens (tertiary/aromatic N) is 2. The first-order valence-corrected chi connectivity index (χ1v) is 7.04. The summed E-state index contributed by atoms with van der Waals surface area (Å²) in [5, 5.41) is 5.14. The van der Waals surface area contributed by atoms with Crippen LogP contribution in [0.15, 0.2) is 0 Å². The normalized spacial score (nSPS) is 14.9. The zero-order valence-electron chi connectivity index (χ0n) is 12.4. The molecule has 3 N–H and O–H groups in total. The van der Waals surface area contributed by atoms with Crippen LogP contribution in [0, 0.1) is 12.8 Å². The molecule has 0 amide bonds. The van der Waals surface area contributed by atoms with Crippen LogP contribution in [0.5, 0.6) is 0 Å². The van der Waals surface area contributed by atoms with E-state index in [1.165, 1.54) is 0 Å². The van der Waals surface area contributed by atoms with Crippen LogP contribution in [0.25, 0.3) is 0 Å². The predicted molar refractivity (Wildman–Crippen MR) is 78.1 cm³/mol. The highest BCUT2D eigenvalue weighted by atomic mass is 35.5. The maximum atomic E-state index is 6.33. The lowest BCUT2D eigenvalue weighted by Gasteiger charge is -2.28. The number of rotatable bonds is 7. The standard InChI is InChI=1S/C13H25ClN4O/c1-6-18-11(12(14)9(4)17-18)7-10(16-15)13(19-5)8(2)3/h8,10,13,16H,6-7,15H2,1-5H3. The molecule has 0 bridgehead atoms. The van der Waals surface area contributed by atoms with Crippen molar-refractivity contribution in [3.8, 4) is 0 Å². The van der Waals surface area contributed by atoms with E-state index in [2.05, 4.69) is 24.4 Å². The van der Waals surface area contributed by atoms with Gasteiger partial charge in [0.25, 0.3) is 0 Å². The van der Waals surface area contributed by atoms with E-state index in [4.69, 9.17) is 22.2 Å². The summed E-state index contributed by atoms with van der Waals surface area (Å²) in [6.07, 6.45) is 0.724. The Labute approximate surface area is 120 Å². The Morgan fingerprint density at radius 2 is 2.11 bits per heavy atom. The van der Waals surface area contributed by atoms with Crippen LogP contribution in [0.1, 0.15) is 32.2 Å². The molecule has 0 aromatic carbocycles. The van der Waals surface area contributed by atoms with Crippen molar-refractivity contribution in [3.63, 3.8) is 0 Å². The number of nitrogens with two attached hydrogens (primary N) is 1. The van der Waals surface area contributed by atoms with Crippen LogP contribution in [0.4, 0.5) is 0 Å². The van der Waals surface area contributed by atoms with Crippen LogP contribution in [-0.2, 0) is 17.7 Å². The zero-order chi connectivity index (χ0) is 14.6. The Morgan fingerprint density at radius 3 is 2.53 bits per heavy atom. The van der Waals surface area contributed by atoms with Gasteiger partial charge in [-0.2, -0.15) is 5.10 Å². The highest BCUT2D eigenvalue weighted by Gasteiger charge is 2.26. The first kappa shape index (κ1) is 16.4. The number of nitrogens with one attached hydrogen (secondary N) is 1. The number of methoxy groups -OCH3 is 1. The van der Waals surface area contributed by atoms with E-state index in [0.29, 0.717) is 12.3 Å². The summed E-state index contributed by atoms with van der Waals surface area (Å²) in [7, 11) is 1.71. The Bertz CT molecular complexity index is 406. The summed E-state index contributed by atoms with van der Waals surface area (Å²) in [5.74, 6) is 6.05. The largest absolute Gasteiger partial charge is 0.380 e. The van der Waals surface area contributed by atoms with Gasteiger partial charge in [-0.25, -0.2) is 0 Å². The maximum Gasteiger partial charge on any atom is 0.0847 e. The van der Waals surface area contributed by atoms with E-state index < -0.39 is 0 Å². The second-order valence-electron chi connectivity index (χ2n) is 5.08. The Morgan fingerprint density at radius 1 is 1.47 bits per heavy atom. The molecular weight excluding hydrogens is 264 g/mol. The van der Waals surface area contributed by atoms with Gasteiger partial charge in [-0.15, -0.1) is 0 Å². The molecule has 2 unspecified atom stereocenters. The number of hydrogen-bond acceptors (Lipinski definition) is 4. The highest BCUT2D eigenvalue weighted by molar-refractivity contribution is 6.31. The third-order valence-corrected chi connectivity index (χ3v) is 3.90. The average Bonchev–Trinajstić information content (AvgIpc) is 2.65. The van der Waals surface area contributed by atoms with Gasteiger partial charge in [0.15, 0.2) is 0 Å². The van der Waals surface area contributed by atoms with E-state index in [9.17, 15) is 0 Å². The fourth-order valence-corrected chi connectivity index (χ4v) is 2.66. The van der Waals surface area contributed by atoms with Crippen molar-refractivity contribution < 1.29 is 4.74 Å². The Balaban J connectivity index is 2.98. The molecule has 0 radical (unpaired) electrons. The molecule has 1 rings (SSSR count). The number of hydrogen-bond donors (Lipinski definition) is 2. The highest BCUT2D eigenvalue weighted by Crippen LogP contribution is 2.23. The van der Waals surface area contributed by atoms with Crippen LogP contribution in [0.3, 0.4) is 0 Å². The molecule has 19 heavy (non-hydrogen) atoms. The monoisotopic (exact) mass is 288 g/mol.